The van der Waals surface area contributed by atoms with Crippen molar-refractivity contribution in [2.24, 2.45) is 0 Å². The predicted octanol–water partition coefficient (Wildman–Crippen LogP) is 5.11. The highest BCUT2D eigenvalue weighted by atomic mass is 16.5. The van der Waals surface area contributed by atoms with E-state index >= 15 is 0 Å². The molecule has 0 aliphatic carbocycles. The van der Waals surface area contributed by atoms with Gasteiger partial charge in [0.15, 0.2) is 5.75 Å². The second kappa shape index (κ2) is 7.03. The second-order valence-corrected chi connectivity index (χ2v) is 6.25. The Labute approximate surface area is 157 Å². The number of hydrogen-bond donors (Lipinski definition) is 0. The molecule has 4 aromatic rings. The molecule has 0 spiro atoms. The molecule has 3 heterocycles. The van der Waals surface area contributed by atoms with Gasteiger partial charge < -0.3 is 9.47 Å². The summed E-state index contributed by atoms with van der Waals surface area (Å²) in [5.74, 6) is 2.14. The number of benzene rings is 1. The summed E-state index contributed by atoms with van der Waals surface area (Å²) < 4.78 is 11.6. The van der Waals surface area contributed by atoms with E-state index in [1.54, 1.807) is 19.5 Å². The normalized spacial score (nSPS) is 10.8. The van der Waals surface area contributed by atoms with Crippen LogP contribution in [0.15, 0.2) is 60.9 Å². The molecule has 4 rings (SSSR count). The van der Waals surface area contributed by atoms with Gasteiger partial charge in [0, 0.05) is 29.5 Å². The molecule has 5 heteroatoms. The van der Waals surface area contributed by atoms with Gasteiger partial charge in [0.1, 0.15) is 17.2 Å². The van der Waals surface area contributed by atoms with Crippen LogP contribution >= 0.6 is 0 Å². The quantitative estimate of drug-likeness (QED) is 0.508. The van der Waals surface area contributed by atoms with Crippen LogP contribution in [0.2, 0.25) is 0 Å². The number of hydrogen-bond acceptors (Lipinski definition) is 5. The van der Waals surface area contributed by atoms with Crippen LogP contribution < -0.4 is 9.47 Å². The van der Waals surface area contributed by atoms with E-state index in [0.717, 1.165) is 39.3 Å². The van der Waals surface area contributed by atoms with Crippen molar-refractivity contribution < 1.29 is 9.47 Å². The molecule has 0 aliphatic heterocycles. The van der Waals surface area contributed by atoms with Crippen molar-refractivity contribution in [2.75, 3.05) is 7.11 Å². The number of fused-ring (bicyclic) bond motifs is 1. The van der Waals surface area contributed by atoms with Gasteiger partial charge in [-0.2, -0.15) is 0 Å². The lowest BCUT2D eigenvalue weighted by Gasteiger charge is -2.14. The lowest BCUT2D eigenvalue weighted by molar-refractivity contribution is 0.415. The second-order valence-electron chi connectivity index (χ2n) is 6.25. The first-order valence-corrected chi connectivity index (χ1v) is 8.66. The largest absolute Gasteiger partial charge is 0.497 e. The lowest BCUT2D eigenvalue weighted by Crippen LogP contribution is -1.98. The molecule has 1 aromatic carbocycles. The van der Waals surface area contributed by atoms with Crippen LogP contribution in [0.4, 0.5) is 0 Å². The summed E-state index contributed by atoms with van der Waals surface area (Å²) in [6, 6.07) is 15.3. The fourth-order valence-electron chi connectivity index (χ4n) is 2.88. The minimum atomic E-state index is 0.667. The Balaban J connectivity index is 1.83. The SMILES string of the molecule is COc1ccc2c(Oc3cc(C)c(C)nc3-c3ccccn3)ccnc2c1. The van der Waals surface area contributed by atoms with Crippen LogP contribution in [-0.2, 0) is 0 Å². The topological polar surface area (TPSA) is 57.1 Å². The van der Waals surface area contributed by atoms with Gasteiger partial charge in [0.2, 0.25) is 0 Å². The van der Waals surface area contributed by atoms with Crippen LogP contribution in [0.3, 0.4) is 0 Å². The molecule has 0 amide bonds. The standard InChI is InChI=1S/C22H19N3O2/c1-14-12-21(22(25-15(14)2)18-6-4-5-10-23-18)27-20-9-11-24-19-13-16(26-3)7-8-17(19)20/h4-13H,1-3H3. The van der Waals surface area contributed by atoms with Crippen LogP contribution in [-0.4, -0.2) is 22.1 Å². The van der Waals surface area contributed by atoms with Crippen molar-refractivity contribution in [2.45, 2.75) is 13.8 Å². The molecule has 3 aromatic heterocycles. The Morgan fingerprint density at radius 3 is 2.52 bits per heavy atom. The maximum atomic E-state index is 6.30. The summed E-state index contributed by atoms with van der Waals surface area (Å²) in [5, 5.41) is 0.906. The van der Waals surface area contributed by atoms with Gasteiger partial charge in [-0.15, -0.1) is 0 Å². The van der Waals surface area contributed by atoms with Crippen LogP contribution in [0, 0.1) is 13.8 Å². The highest BCUT2D eigenvalue weighted by molar-refractivity contribution is 5.86. The smallest absolute Gasteiger partial charge is 0.155 e. The average molecular weight is 357 g/mol. The molecule has 0 unspecified atom stereocenters. The summed E-state index contributed by atoms with van der Waals surface area (Å²) in [7, 11) is 1.64. The van der Waals surface area contributed by atoms with Crippen LogP contribution in [0.1, 0.15) is 11.3 Å². The number of aromatic nitrogens is 3. The number of methoxy groups -OCH3 is 1. The molecular formula is C22H19N3O2. The van der Waals surface area contributed by atoms with E-state index in [9.17, 15) is 0 Å². The number of pyridine rings is 3. The zero-order valence-electron chi connectivity index (χ0n) is 15.4. The first-order chi connectivity index (χ1) is 13.2. The molecule has 0 radical (unpaired) electrons. The first-order valence-electron chi connectivity index (χ1n) is 8.66. The number of rotatable bonds is 4. The minimum Gasteiger partial charge on any atom is -0.497 e. The van der Waals surface area contributed by atoms with Gasteiger partial charge in [-0.25, -0.2) is 4.98 Å². The molecule has 0 saturated heterocycles. The lowest BCUT2D eigenvalue weighted by atomic mass is 10.1. The van der Waals surface area contributed by atoms with Crippen molar-refractivity contribution in [3.63, 3.8) is 0 Å². The zero-order chi connectivity index (χ0) is 18.8. The van der Waals surface area contributed by atoms with E-state index in [2.05, 4.69) is 9.97 Å². The van der Waals surface area contributed by atoms with Gasteiger partial charge in [0.25, 0.3) is 0 Å². The van der Waals surface area contributed by atoms with Gasteiger partial charge in [0.05, 0.1) is 18.3 Å². The summed E-state index contributed by atoms with van der Waals surface area (Å²) in [6.07, 6.45) is 3.48. The van der Waals surface area contributed by atoms with Gasteiger partial charge in [-0.05, 0) is 55.8 Å². The summed E-state index contributed by atoms with van der Waals surface area (Å²) in [5.41, 5.74) is 4.31. The zero-order valence-corrected chi connectivity index (χ0v) is 15.4. The first kappa shape index (κ1) is 17.0. The maximum Gasteiger partial charge on any atom is 0.155 e. The fourth-order valence-corrected chi connectivity index (χ4v) is 2.88. The third kappa shape index (κ3) is 3.31. The molecule has 134 valence electrons. The molecule has 0 aliphatic rings. The average Bonchev–Trinajstić information content (AvgIpc) is 2.71. The third-order valence-electron chi connectivity index (χ3n) is 4.47. The van der Waals surface area contributed by atoms with Gasteiger partial charge >= 0.3 is 0 Å². The monoisotopic (exact) mass is 357 g/mol. The van der Waals surface area contributed by atoms with Gasteiger partial charge in [-0.1, -0.05) is 6.07 Å². The summed E-state index contributed by atoms with van der Waals surface area (Å²) >= 11 is 0. The molecule has 0 saturated carbocycles. The fraction of sp³-hybridized carbons (Fsp3) is 0.136. The van der Waals surface area contributed by atoms with Crippen LogP contribution in [0.5, 0.6) is 17.2 Å². The Hall–Kier alpha value is -3.47. The molecule has 5 nitrogen and oxygen atoms in total. The number of ether oxygens (including phenoxy) is 2. The molecule has 0 atom stereocenters. The highest BCUT2D eigenvalue weighted by Crippen LogP contribution is 2.35. The Morgan fingerprint density at radius 1 is 0.852 bits per heavy atom. The van der Waals surface area contributed by atoms with Crippen molar-refractivity contribution >= 4 is 10.9 Å². The molecule has 0 N–H and O–H groups in total. The third-order valence-corrected chi connectivity index (χ3v) is 4.47. The van der Waals surface area contributed by atoms with E-state index in [4.69, 9.17) is 14.5 Å². The van der Waals surface area contributed by atoms with Crippen molar-refractivity contribution in [1.29, 1.82) is 0 Å². The summed E-state index contributed by atoms with van der Waals surface area (Å²) in [6.45, 7) is 4.01. The summed E-state index contributed by atoms with van der Waals surface area (Å²) in [4.78, 5) is 13.6. The van der Waals surface area contributed by atoms with E-state index in [1.165, 1.54) is 0 Å². The van der Waals surface area contributed by atoms with Gasteiger partial charge in [-0.3, -0.25) is 9.97 Å². The van der Waals surface area contributed by atoms with E-state index in [1.807, 2.05) is 62.4 Å². The van der Waals surface area contributed by atoms with E-state index in [0.29, 0.717) is 11.5 Å². The molecule has 27 heavy (non-hydrogen) atoms. The van der Waals surface area contributed by atoms with Crippen molar-refractivity contribution in [1.82, 2.24) is 15.0 Å². The molecular weight excluding hydrogens is 338 g/mol. The Morgan fingerprint density at radius 2 is 1.74 bits per heavy atom. The maximum absolute atomic E-state index is 6.30. The van der Waals surface area contributed by atoms with Crippen LogP contribution in [0.25, 0.3) is 22.3 Å². The molecule has 0 fully saturated rings. The highest BCUT2D eigenvalue weighted by Gasteiger charge is 2.14. The minimum absolute atomic E-state index is 0.667. The predicted molar refractivity (Wildman–Crippen MR) is 105 cm³/mol. The number of aryl methyl sites for hydroxylation is 2. The van der Waals surface area contributed by atoms with E-state index in [-0.39, 0.29) is 0 Å². The van der Waals surface area contributed by atoms with Crippen molar-refractivity contribution in [3.8, 4) is 28.6 Å². The molecule has 0 bridgehead atoms. The Kier molecular flexibility index (Phi) is 4.42. The van der Waals surface area contributed by atoms with Crippen molar-refractivity contribution in [3.05, 3.63) is 72.2 Å². The van der Waals surface area contributed by atoms with E-state index < -0.39 is 0 Å². The Bertz CT molecular complexity index is 1110. The number of nitrogens with zero attached hydrogens (tertiary/aromatic N) is 3.